The normalized spacial score (nSPS) is 13.6. The molecule has 23 heavy (non-hydrogen) atoms. The number of anilines is 1. The van der Waals surface area contributed by atoms with Gasteiger partial charge < -0.3 is 9.26 Å². The maximum absolute atomic E-state index is 12.8. The lowest BCUT2D eigenvalue weighted by molar-refractivity contribution is 0.103. The average molecular weight is 314 g/mol. The van der Waals surface area contributed by atoms with Crippen LogP contribution in [0.15, 0.2) is 35.0 Å². The van der Waals surface area contributed by atoms with E-state index in [4.69, 9.17) is 9.26 Å². The molecule has 3 rings (SSSR count). The van der Waals surface area contributed by atoms with Gasteiger partial charge in [0.05, 0.1) is 24.1 Å². The van der Waals surface area contributed by atoms with E-state index in [1.807, 2.05) is 6.92 Å². The number of para-hydroxylation sites is 1. The van der Waals surface area contributed by atoms with Crippen molar-refractivity contribution in [3.8, 4) is 0 Å². The van der Waals surface area contributed by atoms with Gasteiger partial charge in [-0.1, -0.05) is 24.2 Å². The van der Waals surface area contributed by atoms with E-state index in [1.54, 1.807) is 24.3 Å². The summed E-state index contributed by atoms with van der Waals surface area (Å²) in [4.78, 5) is 24.5. The minimum atomic E-state index is -0.570. The van der Waals surface area contributed by atoms with Crippen molar-refractivity contribution < 1.29 is 18.8 Å². The predicted octanol–water partition coefficient (Wildman–Crippen LogP) is 3.74. The minimum Gasteiger partial charge on any atom is -0.449 e. The summed E-state index contributed by atoms with van der Waals surface area (Å²) in [6.45, 7) is 2.25. The van der Waals surface area contributed by atoms with Gasteiger partial charge in [0.2, 0.25) is 0 Å². The van der Waals surface area contributed by atoms with Crippen LogP contribution in [0.25, 0.3) is 0 Å². The lowest BCUT2D eigenvalue weighted by atomic mass is 10.0. The summed E-state index contributed by atoms with van der Waals surface area (Å²) in [6.07, 6.45) is 3.64. The van der Waals surface area contributed by atoms with E-state index in [0.717, 1.165) is 19.3 Å². The number of benzene rings is 1. The van der Waals surface area contributed by atoms with Crippen LogP contribution >= 0.6 is 0 Å². The Bertz CT molecular complexity index is 719. The Hall–Kier alpha value is -2.63. The van der Waals surface area contributed by atoms with E-state index in [0.29, 0.717) is 29.2 Å². The average Bonchev–Trinajstić information content (AvgIpc) is 3.29. The highest BCUT2D eigenvalue weighted by Gasteiger charge is 2.33. The lowest BCUT2D eigenvalue weighted by Gasteiger charge is -2.10. The molecule has 0 atom stereocenters. The number of rotatable bonds is 6. The van der Waals surface area contributed by atoms with Gasteiger partial charge in [-0.25, -0.2) is 4.79 Å². The van der Waals surface area contributed by atoms with Crippen molar-refractivity contribution in [3.05, 3.63) is 47.3 Å². The van der Waals surface area contributed by atoms with Gasteiger partial charge in [0.1, 0.15) is 0 Å². The minimum absolute atomic E-state index is 0.209. The zero-order chi connectivity index (χ0) is 16.2. The third-order valence-electron chi connectivity index (χ3n) is 3.64. The zero-order valence-corrected chi connectivity index (χ0v) is 12.9. The van der Waals surface area contributed by atoms with Crippen molar-refractivity contribution in [3.63, 3.8) is 0 Å². The molecule has 1 N–H and O–H groups in total. The molecule has 0 unspecified atom stereocenters. The van der Waals surface area contributed by atoms with Crippen molar-refractivity contribution in [2.24, 2.45) is 0 Å². The van der Waals surface area contributed by atoms with Crippen molar-refractivity contribution in [2.45, 2.75) is 32.1 Å². The third kappa shape index (κ3) is 3.41. The van der Waals surface area contributed by atoms with Crippen LogP contribution < -0.4 is 5.32 Å². The maximum atomic E-state index is 12.8. The number of hydrogen-bond donors (Lipinski definition) is 1. The smallest absolute Gasteiger partial charge is 0.411 e. The van der Waals surface area contributed by atoms with E-state index in [9.17, 15) is 9.59 Å². The van der Waals surface area contributed by atoms with Crippen LogP contribution in [0, 0.1) is 0 Å². The largest absolute Gasteiger partial charge is 0.449 e. The Morgan fingerprint density at radius 3 is 2.83 bits per heavy atom. The first-order chi connectivity index (χ1) is 11.2. The number of nitrogens with one attached hydrogen (secondary N) is 1. The highest BCUT2D eigenvalue weighted by Crippen LogP contribution is 2.42. The van der Waals surface area contributed by atoms with Gasteiger partial charge >= 0.3 is 6.09 Å². The summed E-state index contributed by atoms with van der Waals surface area (Å²) in [5.41, 5.74) is 1.27. The second-order valence-corrected chi connectivity index (χ2v) is 5.51. The van der Waals surface area contributed by atoms with Gasteiger partial charge in [-0.3, -0.25) is 10.1 Å². The molecule has 6 heteroatoms. The van der Waals surface area contributed by atoms with Gasteiger partial charge in [0.25, 0.3) is 0 Å². The molecule has 1 aromatic carbocycles. The number of amides is 1. The summed E-state index contributed by atoms with van der Waals surface area (Å²) in [6, 6.07) is 6.84. The zero-order valence-electron chi connectivity index (χ0n) is 12.9. The van der Waals surface area contributed by atoms with Crippen LogP contribution in [0.1, 0.15) is 53.8 Å². The van der Waals surface area contributed by atoms with Crippen LogP contribution in [-0.2, 0) is 4.74 Å². The molecule has 1 fully saturated rings. The molecule has 1 aromatic heterocycles. The standard InChI is InChI=1S/C17H18N2O4/c1-2-9-22-17(21)19-14-6-4-3-5-12(14)15(20)13-10-18-23-16(13)11-7-8-11/h3-6,10-11H,2,7-9H2,1H3,(H,19,21). The Kier molecular flexibility index (Phi) is 4.41. The first kappa shape index (κ1) is 15.3. The maximum Gasteiger partial charge on any atom is 0.411 e. The molecular weight excluding hydrogens is 296 g/mol. The van der Waals surface area contributed by atoms with Crippen LogP contribution in [0.5, 0.6) is 0 Å². The summed E-state index contributed by atoms with van der Waals surface area (Å²) < 4.78 is 10.2. The van der Waals surface area contributed by atoms with Crippen LogP contribution in [0.3, 0.4) is 0 Å². The summed E-state index contributed by atoms with van der Waals surface area (Å²) in [5.74, 6) is 0.712. The second kappa shape index (κ2) is 6.64. The molecule has 1 heterocycles. The number of hydrogen-bond acceptors (Lipinski definition) is 5. The van der Waals surface area contributed by atoms with Gasteiger partial charge in [0.15, 0.2) is 11.5 Å². The van der Waals surface area contributed by atoms with Crippen molar-refractivity contribution in [1.82, 2.24) is 5.16 Å². The van der Waals surface area contributed by atoms with Crippen LogP contribution in [0.4, 0.5) is 10.5 Å². The SMILES string of the molecule is CCCOC(=O)Nc1ccccc1C(=O)c1cnoc1C1CC1. The molecule has 1 aliphatic rings. The van der Waals surface area contributed by atoms with E-state index in [1.165, 1.54) is 6.20 Å². The fourth-order valence-corrected chi connectivity index (χ4v) is 2.34. The summed E-state index contributed by atoms with van der Waals surface area (Å²) in [5, 5.41) is 6.37. The Morgan fingerprint density at radius 2 is 2.09 bits per heavy atom. The summed E-state index contributed by atoms with van der Waals surface area (Å²) >= 11 is 0. The predicted molar refractivity (Wildman–Crippen MR) is 83.6 cm³/mol. The Balaban J connectivity index is 1.83. The molecule has 6 nitrogen and oxygen atoms in total. The number of aromatic nitrogens is 1. The molecule has 0 saturated heterocycles. The van der Waals surface area contributed by atoms with Gasteiger partial charge in [-0.05, 0) is 31.4 Å². The number of carbonyl (C=O) groups excluding carboxylic acids is 2. The van der Waals surface area contributed by atoms with Crippen molar-refractivity contribution in [1.29, 1.82) is 0 Å². The molecular formula is C17H18N2O4. The molecule has 0 spiro atoms. The van der Waals surface area contributed by atoms with Gasteiger partial charge in [0, 0.05) is 11.5 Å². The van der Waals surface area contributed by atoms with Crippen molar-refractivity contribution >= 4 is 17.6 Å². The number of ketones is 1. The monoisotopic (exact) mass is 314 g/mol. The molecule has 1 aliphatic carbocycles. The molecule has 0 bridgehead atoms. The van der Waals surface area contributed by atoms with E-state index in [2.05, 4.69) is 10.5 Å². The molecule has 0 radical (unpaired) electrons. The number of carbonyl (C=O) groups is 2. The highest BCUT2D eigenvalue weighted by molar-refractivity contribution is 6.14. The Morgan fingerprint density at radius 1 is 1.30 bits per heavy atom. The first-order valence-electron chi connectivity index (χ1n) is 7.72. The van der Waals surface area contributed by atoms with E-state index < -0.39 is 6.09 Å². The number of nitrogens with zero attached hydrogens (tertiary/aromatic N) is 1. The van der Waals surface area contributed by atoms with E-state index in [-0.39, 0.29) is 11.7 Å². The molecule has 0 aliphatic heterocycles. The van der Waals surface area contributed by atoms with Crippen LogP contribution in [-0.4, -0.2) is 23.6 Å². The molecule has 1 amide bonds. The first-order valence-corrected chi connectivity index (χ1v) is 7.72. The fourth-order valence-electron chi connectivity index (χ4n) is 2.34. The highest BCUT2D eigenvalue weighted by atomic mass is 16.5. The lowest BCUT2D eigenvalue weighted by Crippen LogP contribution is -2.17. The molecule has 120 valence electrons. The Labute approximate surface area is 133 Å². The molecule has 1 saturated carbocycles. The van der Waals surface area contributed by atoms with Crippen LogP contribution in [0.2, 0.25) is 0 Å². The quantitative estimate of drug-likeness (QED) is 0.821. The van der Waals surface area contributed by atoms with Crippen molar-refractivity contribution in [2.75, 3.05) is 11.9 Å². The van der Waals surface area contributed by atoms with Gasteiger partial charge in [-0.15, -0.1) is 0 Å². The van der Waals surface area contributed by atoms with Gasteiger partial charge in [-0.2, -0.15) is 0 Å². The fraction of sp³-hybridized carbons (Fsp3) is 0.353. The number of ether oxygens (including phenoxy) is 1. The van der Waals surface area contributed by atoms with E-state index >= 15 is 0 Å². The summed E-state index contributed by atoms with van der Waals surface area (Å²) in [7, 11) is 0. The topological polar surface area (TPSA) is 81.4 Å². The molecule has 2 aromatic rings. The second-order valence-electron chi connectivity index (χ2n) is 5.51. The third-order valence-corrected chi connectivity index (χ3v) is 3.64.